The van der Waals surface area contributed by atoms with Crippen molar-refractivity contribution < 1.29 is 9.84 Å². The monoisotopic (exact) mass is 236 g/mol. The molecular formula is C15H24O2. The smallest absolute Gasteiger partial charge is 0.119 e. The van der Waals surface area contributed by atoms with Gasteiger partial charge in [0.05, 0.1) is 6.61 Å². The van der Waals surface area contributed by atoms with Gasteiger partial charge in [0, 0.05) is 5.56 Å². The Kier molecular flexibility index (Phi) is 4.86. The van der Waals surface area contributed by atoms with E-state index in [1.54, 1.807) is 6.07 Å². The van der Waals surface area contributed by atoms with E-state index in [-0.39, 0.29) is 5.41 Å². The van der Waals surface area contributed by atoms with Gasteiger partial charge in [-0.05, 0) is 30.0 Å². The van der Waals surface area contributed by atoms with Gasteiger partial charge in [0.2, 0.25) is 0 Å². The maximum absolute atomic E-state index is 9.82. The van der Waals surface area contributed by atoms with Gasteiger partial charge in [-0.3, -0.25) is 0 Å². The number of phenols is 1. The van der Waals surface area contributed by atoms with Gasteiger partial charge in [0.1, 0.15) is 11.5 Å². The Hall–Kier alpha value is -1.18. The summed E-state index contributed by atoms with van der Waals surface area (Å²) >= 11 is 0. The van der Waals surface area contributed by atoms with Crippen LogP contribution in [0.4, 0.5) is 0 Å². The van der Waals surface area contributed by atoms with Crippen LogP contribution in [0, 0.1) is 0 Å². The Morgan fingerprint density at radius 1 is 1.18 bits per heavy atom. The molecule has 0 aliphatic heterocycles. The largest absolute Gasteiger partial charge is 0.508 e. The van der Waals surface area contributed by atoms with Gasteiger partial charge in [-0.2, -0.15) is 0 Å². The first-order valence-corrected chi connectivity index (χ1v) is 6.41. The van der Waals surface area contributed by atoms with Crippen molar-refractivity contribution in [3.8, 4) is 11.5 Å². The van der Waals surface area contributed by atoms with Crippen LogP contribution in [0.25, 0.3) is 0 Å². The second kappa shape index (κ2) is 5.95. The average Bonchev–Trinajstić information content (AvgIpc) is 2.25. The lowest BCUT2D eigenvalue weighted by Gasteiger charge is -2.21. The zero-order chi connectivity index (χ0) is 12.9. The molecule has 0 unspecified atom stereocenters. The van der Waals surface area contributed by atoms with Crippen molar-refractivity contribution in [3.05, 3.63) is 23.8 Å². The topological polar surface area (TPSA) is 29.5 Å². The lowest BCUT2D eigenvalue weighted by molar-refractivity contribution is 0.304. The molecule has 0 saturated heterocycles. The van der Waals surface area contributed by atoms with Gasteiger partial charge >= 0.3 is 0 Å². The van der Waals surface area contributed by atoms with Gasteiger partial charge < -0.3 is 9.84 Å². The van der Waals surface area contributed by atoms with E-state index < -0.39 is 0 Å². The quantitative estimate of drug-likeness (QED) is 0.774. The lowest BCUT2D eigenvalue weighted by Crippen LogP contribution is -2.11. The number of rotatable bonds is 5. The predicted octanol–water partition coefficient (Wildman–Crippen LogP) is 4.26. The second-order valence-corrected chi connectivity index (χ2v) is 5.48. The van der Waals surface area contributed by atoms with Crippen LogP contribution in [0.2, 0.25) is 0 Å². The third-order valence-corrected chi connectivity index (χ3v) is 2.79. The van der Waals surface area contributed by atoms with E-state index in [0.717, 1.165) is 24.3 Å². The lowest BCUT2D eigenvalue weighted by atomic mass is 9.86. The van der Waals surface area contributed by atoms with E-state index in [2.05, 4.69) is 27.7 Å². The molecule has 1 N–H and O–H groups in total. The molecule has 1 aromatic carbocycles. The first-order chi connectivity index (χ1) is 7.95. The van der Waals surface area contributed by atoms with Crippen LogP contribution in [0.3, 0.4) is 0 Å². The van der Waals surface area contributed by atoms with Crippen LogP contribution in [0.1, 0.15) is 52.5 Å². The molecule has 0 fully saturated rings. The summed E-state index contributed by atoms with van der Waals surface area (Å²) in [5.74, 6) is 1.20. The van der Waals surface area contributed by atoms with Crippen molar-refractivity contribution in [1.29, 1.82) is 0 Å². The number of benzene rings is 1. The standard InChI is InChI=1S/C15H24O2/c1-5-6-7-10-17-12-8-9-14(16)13(11-12)15(2,3)4/h8-9,11,16H,5-7,10H2,1-4H3. The van der Waals surface area contributed by atoms with Crippen LogP contribution in [0.5, 0.6) is 11.5 Å². The number of aromatic hydroxyl groups is 1. The summed E-state index contributed by atoms with van der Waals surface area (Å²) in [7, 11) is 0. The van der Waals surface area contributed by atoms with E-state index in [4.69, 9.17) is 4.74 Å². The molecule has 0 heterocycles. The highest BCUT2D eigenvalue weighted by Crippen LogP contribution is 2.33. The van der Waals surface area contributed by atoms with Crippen LogP contribution >= 0.6 is 0 Å². The molecule has 0 radical (unpaired) electrons. The summed E-state index contributed by atoms with van der Waals surface area (Å²) in [5, 5.41) is 9.82. The summed E-state index contributed by atoms with van der Waals surface area (Å²) in [5.41, 5.74) is 0.873. The molecule has 1 rings (SSSR count). The highest BCUT2D eigenvalue weighted by molar-refractivity contribution is 5.43. The summed E-state index contributed by atoms with van der Waals surface area (Å²) in [6, 6.07) is 5.49. The van der Waals surface area contributed by atoms with Crippen LogP contribution < -0.4 is 4.74 Å². The van der Waals surface area contributed by atoms with Crippen molar-refractivity contribution in [2.24, 2.45) is 0 Å². The molecule has 1 aromatic rings. The Balaban J connectivity index is 2.69. The average molecular weight is 236 g/mol. The summed E-state index contributed by atoms with van der Waals surface area (Å²) in [4.78, 5) is 0. The van der Waals surface area contributed by atoms with Gasteiger partial charge in [-0.25, -0.2) is 0 Å². The number of ether oxygens (including phenoxy) is 1. The molecular weight excluding hydrogens is 212 g/mol. The van der Waals surface area contributed by atoms with E-state index >= 15 is 0 Å². The molecule has 17 heavy (non-hydrogen) atoms. The first kappa shape index (κ1) is 13.9. The third kappa shape index (κ3) is 4.29. The Morgan fingerprint density at radius 2 is 1.88 bits per heavy atom. The molecule has 0 atom stereocenters. The molecule has 2 nitrogen and oxygen atoms in total. The minimum atomic E-state index is -0.0626. The molecule has 0 bridgehead atoms. The molecule has 0 spiro atoms. The van der Waals surface area contributed by atoms with E-state index in [0.29, 0.717) is 5.75 Å². The summed E-state index contributed by atoms with van der Waals surface area (Å²) < 4.78 is 5.69. The zero-order valence-corrected chi connectivity index (χ0v) is 11.4. The Bertz CT molecular complexity index is 350. The van der Waals surface area contributed by atoms with Crippen LogP contribution in [-0.4, -0.2) is 11.7 Å². The van der Waals surface area contributed by atoms with Crippen molar-refractivity contribution >= 4 is 0 Å². The molecule has 0 aromatic heterocycles. The number of hydrogen-bond donors (Lipinski definition) is 1. The van der Waals surface area contributed by atoms with Gasteiger partial charge in [0.15, 0.2) is 0 Å². The normalized spacial score (nSPS) is 11.5. The summed E-state index contributed by atoms with van der Waals surface area (Å²) in [6.07, 6.45) is 3.48. The van der Waals surface area contributed by atoms with Gasteiger partial charge in [-0.15, -0.1) is 0 Å². The highest BCUT2D eigenvalue weighted by atomic mass is 16.5. The Morgan fingerprint density at radius 3 is 2.47 bits per heavy atom. The highest BCUT2D eigenvalue weighted by Gasteiger charge is 2.18. The first-order valence-electron chi connectivity index (χ1n) is 6.41. The van der Waals surface area contributed by atoms with Gasteiger partial charge in [-0.1, -0.05) is 40.5 Å². The maximum atomic E-state index is 9.82. The van der Waals surface area contributed by atoms with Crippen molar-refractivity contribution in [2.45, 2.75) is 52.4 Å². The fraction of sp³-hybridized carbons (Fsp3) is 0.600. The van der Waals surface area contributed by atoms with Crippen LogP contribution in [0.15, 0.2) is 18.2 Å². The maximum Gasteiger partial charge on any atom is 0.119 e. The van der Waals surface area contributed by atoms with E-state index in [9.17, 15) is 5.11 Å². The molecule has 0 aliphatic rings. The number of hydrogen-bond acceptors (Lipinski definition) is 2. The second-order valence-electron chi connectivity index (χ2n) is 5.48. The fourth-order valence-electron chi connectivity index (χ4n) is 1.75. The Labute approximate surface area is 105 Å². The minimum Gasteiger partial charge on any atom is -0.508 e. The van der Waals surface area contributed by atoms with E-state index in [1.165, 1.54) is 12.8 Å². The zero-order valence-electron chi connectivity index (χ0n) is 11.4. The van der Waals surface area contributed by atoms with Crippen LogP contribution in [-0.2, 0) is 5.41 Å². The summed E-state index contributed by atoms with van der Waals surface area (Å²) in [6.45, 7) is 9.19. The predicted molar refractivity (Wildman–Crippen MR) is 71.8 cm³/mol. The molecule has 0 saturated carbocycles. The SMILES string of the molecule is CCCCCOc1ccc(O)c(C(C)(C)C)c1. The molecule has 2 heteroatoms. The third-order valence-electron chi connectivity index (χ3n) is 2.79. The van der Waals surface area contributed by atoms with Gasteiger partial charge in [0.25, 0.3) is 0 Å². The van der Waals surface area contributed by atoms with Crippen molar-refractivity contribution in [1.82, 2.24) is 0 Å². The molecule has 96 valence electrons. The van der Waals surface area contributed by atoms with Crippen molar-refractivity contribution in [3.63, 3.8) is 0 Å². The molecule has 0 aliphatic carbocycles. The fourth-order valence-corrected chi connectivity index (χ4v) is 1.75. The number of unbranched alkanes of at least 4 members (excludes halogenated alkanes) is 2. The number of phenolic OH excluding ortho intramolecular Hbond substituents is 1. The van der Waals surface area contributed by atoms with E-state index in [1.807, 2.05) is 12.1 Å². The minimum absolute atomic E-state index is 0.0626. The van der Waals surface area contributed by atoms with Crippen molar-refractivity contribution in [2.75, 3.05) is 6.61 Å². The molecule has 0 amide bonds.